The molecule has 0 bridgehead atoms. The van der Waals surface area contributed by atoms with E-state index in [2.05, 4.69) is 0 Å². The van der Waals surface area contributed by atoms with Crippen LogP contribution in [0.25, 0.3) is 0 Å². The van der Waals surface area contributed by atoms with Crippen LogP contribution in [0.15, 0.2) is 0 Å². The molecule has 0 aliphatic carbocycles. The van der Waals surface area contributed by atoms with Crippen molar-refractivity contribution < 1.29 is 0 Å². The molecule has 0 unspecified atom stereocenters. The molecule has 0 fully saturated rings. The standard InChI is InChI=1S/C4H15N5/c1-2-3(5,6)4(7,8)9/h2,5-9H2,1H3. The maximum atomic E-state index is 5.40. The Morgan fingerprint density at radius 2 is 1.33 bits per heavy atom. The van der Waals surface area contributed by atoms with Gasteiger partial charge < -0.3 is 11.5 Å². The van der Waals surface area contributed by atoms with E-state index in [9.17, 15) is 0 Å². The first-order chi connectivity index (χ1) is 3.81. The van der Waals surface area contributed by atoms with Crippen LogP contribution >= 0.6 is 0 Å². The van der Waals surface area contributed by atoms with E-state index in [-0.39, 0.29) is 0 Å². The van der Waals surface area contributed by atoms with Gasteiger partial charge in [-0.25, -0.2) is 0 Å². The first-order valence-electron chi connectivity index (χ1n) is 2.75. The van der Waals surface area contributed by atoms with Crippen molar-refractivity contribution in [2.75, 3.05) is 0 Å². The molecule has 0 aliphatic heterocycles. The van der Waals surface area contributed by atoms with Crippen molar-refractivity contribution in [2.45, 2.75) is 24.8 Å². The lowest BCUT2D eigenvalue weighted by Crippen LogP contribution is -2.80. The van der Waals surface area contributed by atoms with Crippen molar-refractivity contribution in [2.24, 2.45) is 28.7 Å². The van der Waals surface area contributed by atoms with Gasteiger partial charge in [0.2, 0.25) is 0 Å². The van der Waals surface area contributed by atoms with Gasteiger partial charge in [0.15, 0.2) is 0 Å². The van der Waals surface area contributed by atoms with Crippen LogP contribution in [-0.4, -0.2) is 11.4 Å². The van der Waals surface area contributed by atoms with Crippen molar-refractivity contribution >= 4 is 0 Å². The number of hydrogen-bond donors (Lipinski definition) is 5. The SMILES string of the molecule is CCC(N)(N)C(N)(N)N. The zero-order valence-electron chi connectivity index (χ0n) is 5.59. The fourth-order valence-electron chi connectivity index (χ4n) is 0.306. The van der Waals surface area contributed by atoms with E-state index < -0.39 is 11.4 Å². The van der Waals surface area contributed by atoms with Gasteiger partial charge in [-0.3, -0.25) is 17.2 Å². The topological polar surface area (TPSA) is 130 Å². The van der Waals surface area contributed by atoms with E-state index in [1.54, 1.807) is 6.92 Å². The maximum Gasteiger partial charge on any atom is 0.148 e. The molecule has 56 valence electrons. The summed E-state index contributed by atoms with van der Waals surface area (Å²) in [6.45, 7) is 1.77. The summed E-state index contributed by atoms with van der Waals surface area (Å²) in [5.74, 6) is -1.50. The summed E-state index contributed by atoms with van der Waals surface area (Å²) in [6.07, 6.45) is 0.441. The lowest BCUT2D eigenvalue weighted by atomic mass is 10.0. The fourth-order valence-corrected chi connectivity index (χ4v) is 0.306. The molecule has 0 aromatic heterocycles. The fraction of sp³-hybridized carbons (Fsp3) is 1.00. The molecule has 0 radical (unpaired) electrons. The summed E-state index contributed by atoms with van der Waals surface area (Å²) in [6, 6.07) is 0. The Hall–Kier alpha value is -0.200. The molecule has 0 aromatic carbocycles. The maximum absolute atomic E-state index is 5.40. The molecule has 0 atom stereocenters. The van der Waals surface area contributed by atoms with Crippen LogP contribution in [0.5, 0.6) is 0 Å². The molecule has 0 amide bonds. The third-order valence-electron chi connectivity index (χ3n) is 1.39. The Balaban J connectivity index is 4.14. The molecule has 0 heterocycles. The second-order valence-electron chi connectivity index (χ2n) is 2.33. The van der Waals surface area contributed by atoms with Crippen LogP contribution < -0.4 is 28.7 Å². The highest BCUT2D eigenvalue weighted by Gasteiger charge is 2.34. The molecular formula is C4H15N5. The van der Waals surface area contributed by atoms with E-state index in [1.807, 2.05) is 0 Å². The number of rotatable bonds is 2. The molecule has 0 saturated carbocycles. The van der Waals surface area contributed by atoms with Gasteiger partial charge in [-0.1, -0.05) is 6.92 Å². The second kappa shape index (κ2) is 2.20. The summed E-state index contributed by atoms with van der Waals surface area (Å²) >= 11 is 0. The van der Waals surface area contributed by atoms with E-state index in [1.165, 1.54) is 0 Å². The smallest absolute Gasteiger partial charge is 0.148 e. The lowest BCUT2D eigenvalue weighted by molar-refractivity contribution is 0.230. The number of nitrogens with two attached hydrogens (primary N) is 5. The second-order valence-corrected chi connectivity index (χ2v) is 2.33. The Kier molecular flexibility index (Phi) is 2.15. The van der Waals surface area contributed by atoms with E-state index in [0.29, 0.717) is 6.42 Å². The van der Waals surface area contributed by atoms with Gasteiger partial charge in [0.05, 0.1) is 0 Å². The summed E-state index contributed by atoms with van der Waals surface area (Å²) in [5.41, 5.74) is 25.3. The summed E-state index contributed by atoms with van der Waals surface area (Å²) in [5, 5.41) is 0. The quantitative estimate of drug-likeness (QED) is 0.267. The van der Waals surface area contributed by atoms with Crippen molar-refractivity contribution in [1.82, 2.24) is 0 Å². The van der Waals surface area contributed by atoms with Crippen LogP contribution in [0.4, 0.5) is 0 Å². The Morgan fingerprint density at radius 3 is 1.33 bits per heavy atom. The highest BCUT2D eigenvalue weighted by Crippen LogP contribution is 2.02. The van der Waals surface area contributed by atoms with Gasteiger partial charge in [-0.05, 0) is 6.42 Å². The molecular weight excluding hydrogens is 118 g/mol. The molecule has 0 spiro atoms. The van der Waals surface area contributed by atoms with Crippen molar-refractivity contribution in [1.29, 1.82) is 0 Å². The first-order valence-corrected chi connectivity index (χ1v) is 2.75. The van der Waals surface area contributed by atoms with Crippen LogP contribution in [0, 0.1) is 0 Å². The lowest BCUT2D eigenvalue weighted by Gasteiger charge is -2.35. The summed E-state index contributed by atoms with van der Waals surface area (Å²) < 4.78 is 0. The van der Waals surface area contributed by atoms with E-state index in [0.717, 1.165) is 0 Å². The summed E-state index contributed by atoms with van der Waals surface area (Å²) in [7, 11) is 0. The molecule has 0 saturated heterocycles. The number of hydrogen-bond acceptors (Lipinski definition) is 5. The molecule has 9 heavy (non-hydrogen) atoms. The van der Waals surface area contributed by atoms with Crippen LogP contribution in [0.2, 0.25) is 0 Å². The minimum absolute atomic E-state index is 0.441. The van der Waals surface area contributed by atoms with Gasteiger partial charge in [0.25, 0.3) is 0 Å². The first kappa shape index (κ1) is 8.80. The minimum atomic E-state index is -1.50. The largest absolute Gasteiger partial charge is 0.310 e. The monoisotopic (exact) mass is 133 g/mol. The molecule has 0 rings (SSSR count). The average molecular weight is 133 g/mol. The predicted octanol–water partition coefficient (Wildman–Crippen LogP) is -2.46. The zero-order valence-corrected chi connectivity index (χ0v) is 5.59. The van der Waals surface area contributed by atoms with E-state index >= 15 is 0 Å². The van der Waals surface area contributed by atoms with Crippen LogP contribution in [-0.2, 0) is 0 Å². The van der Waals surface area contributed by atoms with Crippen LogP contribution in [0.3, 0.4) is 0 Å². The molecule has 0 aromatic rings. The normalized spacial score (nSPS) is 14.0. The highest BCUT2D eigenvalue weighted by atomic mass is 15.2. The highest BCUT2D eigenvalue weighted by molar-refractivity contribution is 4.93. The molecule has 0 aliphatic rings. The average Bonchev–Trinajstić information content (AvgIpc) is 1.64. The van der Waals surface area contributed by atoms with Crippen LogP contribution in [0.1, 0.15) is 13.3 Å². The Morgan fingerprint density at radius 1 is 1.00 bits per heavy atom. The van der Waals surface area contributed by atoms with Crippen molar-refractivity contribution in [3.8, 4) is 0 Å². The minimum Gasteiger partial charge on any atom is -0.310 e. The molecule has 10 N–H and O–H groups in total. The van der Waals surface area contributed by atoms with E-state index in [4.69, 9.17) is 28.7 Å². The van der Waals surface area contributed by atoms with Gasteiger partial charge >= 0.3 is 0 Å². The molecule has 5 heteroatoms. The van der Waals surface area contributed by atoms with Gasteiger partial charge in [0, 0.05) is 0 Å². The van der Waals surface area contributed by atoms with Crippen molar-refractivity contribution in [3.05, 3.63) is 0 Å². The third kappa shape index (κ3) is 1.88. The predicted molar refractivity (Wildman–Crippen MR) is 36.7 cm³/mol. The van der Waals surface area contributed by atoms with Gasteiger partial charge in [0.1, 0.15) is 11.4 Å². The van der Waals surface area contributed by atoms with Gasteiger partial charge in [-0.15, -0.1) is 0 Å². The zero-order chi connectivity index (χ0) is 7.71. The summed E-state index contributed by atoms with van der Waals surface area (Å²) in [4.78, 5) is 0. The molecule has 5 nitrogen and oxygen atoms in total. The Bertz CT molecular complexity index is 91.6. The Labute approximate surface area is 54.5 Å². The third-order valence-corrected chi connectivity index (χ3v) is 1.39. The van der Waals surface area contributed by atoms with Gasteiger partial charge in [-0.2, -0.15) is 0 Å². The van der Waals surface area contributed by atoms with Crippen molar-refractivity contribution in [3.63, 3.8) is 0 Å².